The summed E-state index contributed by atoms with van der Waals surface area (Å²) in [4.78, 5) is 24.5. The molecule has 0 saturated heterocycles. The van der Waals surface area contributed by atoms with Crippen molar-refractivity contribution in [3.8, 4) is 0 Å². The van der Waals surface area contributed by atoms with E-state index in [1.807, 2.05) is 6.08 Å². The number of carbonyl (C=O) groups excluding carboxylic acids is 2. The van der Waals surface area contributed by atoms with Crippen LogP contribution in [-0.2, 0) is 14.3 Å². The molecule has 0 fully saturated rings. The summed E-state index contributed by atoms with van der Waals surface area (Å²) in [5.41, 5.74) is 0. The molecule has 3 N–H and O–H groups in total. The van der Waals surface area contributed by atoms with Crippen LogP contribution in [0.15, 0.2) is 48.6 Å². The van der Waals surface area contributed by atoms with Crippen LogP contribution >= 0.6 is 0 Å². The number of rotatable bonds is 60. The number of amides is 1. The maximum Gasteiger partial charge on any atom is 0.305 e. The lowest BCUT2D eigenvalue weighted by Crippen LogP contribution is -2.45. The van der Waals surface area contributed by atoms with E-state index in [0.29, 0.717) is 19.4 Å². The summed E-state index contributed by atoms with van der Waals surface area (Å²) < 4.78 is 5.43. The molecule has 0 saturated carbocycles. The Hall–Kier alpha value is -2.18. The highest BCUT2D eigenvalue weighted by Crippen LogP contribution is 2.17. The third kappa shape index (κ3) is 58.9. The van der Waals surface area contributed by atoms with Crippen molar-refractivity contribution >= 4 is 11.9 Å². The van der Waals surface area contributed by atoms with Gasteiger partial charge in [0.15, 0.2) is 0 Å². The van der Waals surface area contributed by atoms with Crippen molar-refractivity contribution in [2.75, 3.05) is 13.2 Å². The van der Waals surface area contributed by atoms with Gasteiger partial charge in [-0.3, -0.25) is 9.59 Å². The van der Waals surface area contributed by atoms with E-state index >= 15 is 0 Å². The summed E-state index contributed by atoms with van der Waals surface area (Å²) in [6, 6.07) is -0.633. The lowest BCUT2D eigenvalue weighted by atomic mass is 10.0. The zero-order chi connectivity index (χ0) is 52.9. The molecule has 0 aromatic rings. The second-order valence-corrected chi connectivity index (χ2v) is 22.1. The van der Waals surface area contributed by atoms with Crippen LogP contribution in [0.5, 0.6) is 0 Å². The van der Waals surface area contributed by atoms with Crippen molar-refractivity contribution in [3.63, 3.8) is 0 Å². The van der Waals surface area contributed by atoms with Crippen LogP contribution in [0, 0.1) is 0 Å². The highest BCUT2D eigenvalue weighted by Gasteiger charge is 2.18. The molecule has 0 aromatic heterocycles. The topological polar surface area (TPSA) is 95.9 Å². The number of ether oxygens (including phenoxy) is 1. The van der Waals surface area contributed by atoms with Gasteiger partial charge in [0.05, 0.1) is 25.4 Å². The van der Waals surface area contributed by atoms with Crippen molar-refractivity contribution in [3.05, 3.63) is 48.6 Å². The Morgan fingerprint density at radius 3 is 1.05 bits per heavy atom. The van der Waals surface area contributed by atoms with Crippen molar-refractivity contribution in [1.29, 1.82) is 0 Å². The highest BCUT2D eigenvalue weighted by molar-refractivity contribution is 5.76. The van der Waals surface area contributed by atoms with Crippen LogP contribution in [0.4, 0.5) is 0 Å². The van der Waals surface area contributed by atoms with Gasteiger partial charge in [-0.1, -0.05) is 300 Å². The van der Waals surface area contributed by atoms with Crippen LogP contribution < -0.4 is 5.32 Å². The fourth-order valence-corrected chi connectivity index (χ4v) is 9.88. The van der Waals surface area contributed by atoms with Gasteiger partial charge in [-0.15, -0.1) is 0 Å². The number of hydrogen-bond donors (Lipinski definition) is 3. The van der Waals surface area contributed by atoms with Crippen molar-refractivity contribution in [2.24, 2.45) is 0 Å². The summed E-state index contributed by atoms with van der Waals surface area (Å²) in [7, 11) is 0. The van der Waals surface area contributed by atoms with Crippen LogP contribution in [0.2, 0.25) is 0 Å². The van der Waals surface area contributed by atoms with E-state index in [1.165, 1.54) is 263 Å². The van der Waals surface area contributed by atoms with Gasteiger partial charge in [0.1, 0.15) is 0 Å². The second kappa shape index (κ2) is 62.4. The minimum absolute atomic E-state index is 0.0392. The zero-order valence-corrected chi connectivity index (χ0v) is 48.9. The Morgan fingerprint density at radius 1 is 0.384 bits per heavy atom. The molecule has 2 unspecified atom stereocenters. The second-order valence-electron chi connectivity index (χ2n) is 22.1. The van der Waals surface area contributed by atoms with E-state index in [9.17, 15) is 19.8 Å². The van der Waals surface area contributed by atoms with Gasteiger partial charge >= 0.3 is 5.97 Å². The Kier molecular flexibility index (Phi) is 60.5. The highest BCUT2D eigenvalue weighted by atomic mass is 16.5. The monoisotopic (exact) mass is 1020 g/mol. The third-order valence-electron chi connectivity index (χ3n) is 14.8. The van der Waals surface area contributed by atoms with E-state index < -0.39 is 12.1 Å². The normalized spacial score (nSPS) is 12.9. The number of hydrogen-bond acceptors (Lipinski definition) is 5. The molecular weight excluding hydrogens is 899 g/mol. The molecule has 1 amide bonds. The zero-order valence-electron chi connectivity index (χ0n) is 48.9. The fourth-order valence-electron chi connectivity index (χ4n) is 9.88. The number of carbonyl (C=O) groups is 2. The molecule has 73 heavy (non-hydrogen) atoms. The molecule has 2 atom stereocenters. The van der Waals surface area contributed by atoms with Crippen LogP contribution in [0.1, 0.15) is 341 Å². The van der Waals surface area contributed by atoms with Gasteiger partial charge in [0.25, 0.3) is 0 Å². The molecule has 0 bridgehead atoms. The van der Waals surface area contributed by atoms with Gasteiger partial charge in [-0.2, -0.15) is 0 Å². The molecule has 6 nitrogen and oxygen atoms in total. The van der Waals surface area contributed by atoms with E-state index in [4.69, 9.17) is 4.74 Å². The molecule has 0 rings (SSSR count). The molecule has 0 radical (unpaired) electrons. The lowest BCUT2D eigenvalue weighted by molar-refractivity contribution is -0.143. The number of unbranched alkanes of at least 4 members (excludes halogenated alkanes) is 43. The maximum absolute atomic E-state index is 12.5. The number of aliphatic hydroxyl groups is 2. The average Bonchev–Trinajstić information content (AvgIpc) is 3.39. The Labute approximate surface area is 455 Å². The first-order valence-electron chi connectivity index (χ1n) is 32.4. The largest absolute Gasteiger partial charge is 0.465 e. The van der Waals surface area contributed by atoms with Crippen molar-refractivity contribution < 1.29 is 24.5 Å². The molecule has 0 aliphatic heterocycles. The molecule has 6 heteroatoms. The fraction of sp³-hybridized carbons (Fsp3) is 0.851. The predicted octanol–water partition coefficient (Wildman–Crippen LogP) is 20.5. The first kappa shape index (κ1) is 70.8. The summed E-state index contributed by atoms with van der Waals surface area (Å²) in [6.07, 6.45) is 80.3. The molecule has 0 heterocycles. The molecule has 428 valence electrons. The standard InChI is InChI=1S/C67H125NO5/c1-3-5-7-9-11-13-15-17-19-21-28-31-35-39-43-47-51-55-59-65(70)64(63-69)68-66(71)60-56-52-48-44-40-36-32-29-25-23-22-24-26-30-34-38-42-46-50-54-58-62-73-67(72)61-57-53-49-45-41-37-33-27-20-18-16-14-12-10-8-6-4-2/h18,20,38,42,50,54-55,59,64-65,69-70H,3-17,19,21-37,39-41,43-49,51-53,56-58,60-63H2,1-2H3,(H,68,71)/b20-18-,42-38-,54-50-,59-55+. The molecule has 0 aliphatic rings. The van der Waals surface area contributed by atoms with Crippen molar-refractivity contribution in [2.45, 2.75) is 353 Å². The van der Waals surface area contributed by atoms with E-state index in [2.05, 4.69) is 55.6 Å². The molecule has 0 spiro atoms. The Bertz CT molecular complexity index is 1230. The Morgan fingerprint density at radius 2 is 0.685 bits per heavy atom. The smallest absolute Gasteiger partial charge is 0.305 e. The summed E-state index contributed by atoms with van der Waals surface area (Å²) >= 11 is 0. The molecule has 0 aliphatic carbocycles. The predicted molar refractivity (Wildman–Crippen MR) is 319 cm³/mol. The van der Waals surface area contributed by atoms with Crippen LogP contribution in [0.25, 0.3) is 0 Å². The van der Waals surface area contributed by atoms with E-state index in [-0.39, 0.29) is 18.5 Å². The minimum atomic E-state index is -0.849. The number of aliphatic hydroxyl groups excluding tert-OH is 2. The van der Waals surface area contributed by atoms with Gasteiger partial charge in [0, 0.05) is 12.8 Å². The van der Waals surface area contributed by atoms with Gasteiger partial charge in [0.2, 0.25) is 5.91 Å². The first-order valence-corrected chi connectivity index (χ1v) is 32.4. The summed E-state index contributed by atoms with van der Waals surface area (Å²) in [6.45, 7) is 4.81. The van der Waals surface area contributed by atoms with Gasteiger partial charge < -0.3 is 20.3 Å². The summed E-state index contributed by atoms with van der Waals surface area (Å²) in [5, 5.41) is 23.2. The van der Waals surface area contributed by atoms with E-state index in [1.54, 1.807) is 6.08 Å². The van der Waals surface area contributed by atoms with Crippen LogP contribution in [-0.4, -0.2) is 47.4 Å². The van der Waals surface area contributed by atoms with Crippen molar-refractivity contribution in [1.82, 2.24) is 5.32 Å². The van der Waals surface area contributed by atoms with Gasteiger partial charge in [-0.25, -0.2) is 0 Å². The minimum Gasteiger partial charge on any atom is -0.465 e. The quantitative estimate of drug-likeness (QED) is 0.0320. The van der Waals surface area contributed by atoms with E-state index in [0.717, 1.165) is 51.4 Å². The molecule has 0 aromatic carbocycles. The number of nitrogens with one attached hydrogen (secondary N) is 1. The van der Waals surface area contributed by atoms with Gasteiger partial charge in [-0.05, 0) is 77.0 Å². The summed E-state index contributed by atoms with van der Waals surface area (Å²) in [5.74, 6) is -0.110. The SMILES string of the molecule is CCCCCCCC/C=C\CCCCCCCCCC(=O)OCC/C=C\C/C=C\CCCCCCCCCCCCCCCCC(=O)NC(CO)C(O)/C=C/CCCCCCCCCCCCCCCCCC. The third-order valence-corrected chi connectivity index (χ3v) is 14.8. The van der Waals surface area contributed by atoms with Crippen LogP contribution in [0.3, 0.4) is 0 Å². The first-order chi connectivity index (χ1) is 36.0. The average molecular weight is 1020 g/mol. The lowest BCUT2D eigenvalue weighted by Gasteiger charge is -2.20. The number of allylic oxidation sites excluding steroid dienone is 6. The molecular formula is C67H125NO5. The Balaban J connectivity index is 3.48. The maximum atomic E-state index is 12.5. The number of esters is 1.